The first kappa shape index (κ1) is 11.9. The number of benzene rings is 1. The molecule has 2 atom stereocenters. The molecule has 1 aromatic rings. The second-order valence-electron chi connectivity index (χ2n) is 4.56. The van der Waals surface area contributed by atoms with Crippen LogP contribution in [0.5, 0.6) is 0 Å². The van der Waals surface area contributed by atoms with E-state index < -0.39 is 6.09 Å². The van der Waals surface area contributed by atoms with E-state index in [1.54, 1.807) is 0 Å². The predicted molar refractivity (Wildman–Crippen MR) is 65.6 cm³/mol. The third-order valence-electron chi connectivity index (χ3n) is 3.37. The molecule has 1 amide bonds. The quantitative estimate of drug-likeness (QED) is 0.841. The van der Waals surface area contributed by atoms with E-state index in [4.69, 9.17) is 5.73 Å². The number of hydrogen-bond acceptors (Lipinski definition) is 2. The fraction of sp³-hybridized carbons (Fsp3) is 0.462. The SMILES string of the molecule is NC1CCCC1N(Cc1ccccc1)C(=O)O. The maximum atomic E-state index is 11.3. The fourth-order valence-electron chi connectivity index (χ4n) is 2.46. The molecule has 0 spiro atoms. The van der Waals surface area contributed by atoms with Crippen LogP contribution in [0, 0.1) is 0 Å². The Morgan fingerprint density at radius 1 is 1.35 bits per heavy atom. The first-order chi connectivity index (χ1) is 8.18. The highest BCUT2D eigenvalue weighted by Gasteiger charge is 2.32. The van der Waals surface area contributed by atoms with E-state index >= 15 is 0 Å². The van der Waals surface area contributed by atoms with Gasteiger partial charge in [0, 0.05) is 12.6 Å². The molecule has 3 N–H and O–H groups in total. The minimum Gasteiger partial charge on any atom is -0.465 e. The van der Waals surface area contributed by atoms with Crippen LogP contribution < -0.4 is 5.73 Å². The normalized spacial score (nSPS) is 23.6. The molecular weight excluding hydrogens is 216 g/mol. The molecule has 92 valence electrons. The van der Waals surface area contributed by atoms with Crippen molar-refractivity contribution in [1.82, 2.24) is 4.90 Å². The van der Waals surface area contributed by atoms with E-state index in [0.29, 0.717) is 6.54 Å². The van der Waals surface area contributed by atoms with Gasteiger partial charge in [-0.25, -0.2) is 4.79 Å². The van der Waals surface area contributed by atoms with Gasteiger partial charge in [-0.1, -0.05) is 30.3 Å². The van der Waals surface area contributed by atoms with E-state index in [0.717, 1.165) is 24.8 Å². The second-order valence-corrected chi connectivity index (χ2v) is 4.56. The Hall–Kier alpha value is -1.55. The van der Waals surface area contributed by atoms with Gasteiger partial charge < -0.3 is 10.8 Å². The average molecular weight is 234 g/mol. The van der Waals surface area contributed by atoms with Crippen molar-refractivity contribution in [3.63, 3.8) is 0 Å². The summed E-state index contributed by atoms with van der Waals surface area (Å²) in [5.74, 6) is 0. The molecule has 4 nitrogen and oxygen atoms in total. The van der Waals surface area contributed by atoms with Gasteiger partial charge in [0.2, 0.25) is 0 Å². The molecule has 17 heavy (non-hydrogen) atoms. The van der Waals surface area contributed by atoms with Crippen molar-refractivity contribution in [3.8, 4) is 0 Å². The Morgan fingerprint density at radius 2 is 2.06 bits per heavy atom. The van der Waals surface area contributed by atoms with E-state index in [1.165, 1.54) is 4.90 Å². The van der Waals surface area contributed by atoms with Gasteiger partial charge in [-0.05, 0) is 24.8 Å². The van der Waals surface area contributed by atoms with Crippen molar-refractivity contribution in [2.75, 3.05) is 0 Å². The molecule has 1 saturated carbocycles. The van der Waals surface area contributed by atoms with Gasteiger partial charge >= 0.3 is 6.09 Å². The number of nitrogens with zero attached hydrogens (tertiary/aromatic N) is 1. The van der Waals surface area contributed by atoms with Crippen LogP contribution in [0.3, 0.4) is 0 Å². The molecule has 4 heteroatoms. The van der Waals surface area contributed by atoms with E-state index in [2.05, 4.69) is 0 Å². The van der Waals surface area contributed by atoms with Gasteiger partial charge in [-0.3, -0.25) is 4.90 Å². The smallest absolute Gasteiger partial charge is 0.407 e. The molecule has 0 aromatic heterocycles. The van der Waals surface area contributed by atoms with Crippen LogP contribution >= 0.6 is 0 Å². The lowest BCUT2D eigenvalue weighted by molar-refractivity contribution is 0.117. The van der Waals surface area contributed by atoms with E-state index in [-0.39, 0.29) is 12.1 Å². The molecule has 1 aromatic carbocycles. The molecule has 2 unspecified atom stereocenters. The number of nitrogens with two attached hydrogens (primary N) is 1. The van der Waals surface area contributed by atoms with Crippen LogP contribution in [0.25, 0.3) is 0 Å². The average Bonchev–Trinajstić information content (AvgIpc) is 2.73. The molecule has 1 aliphatic rings. The van der Waals surface area contributed by atoms with E-state index in [9.17, 15) is 9.90 Å². The van der Waals surface area contributed by atoms with Crippen molar-refractivity contribution < 1.29 is 9.90 Å². The number of amides is 1. The monoisotopic (exact) mass is 234 g/mol. The van der Waals surface area contributed by atoms with Gasteiger partial charge in [-0.2, -0.15) is 0 Å². The van der Waals surface area contributed by atoms with E-state index in [1.807, 2.05) is 30.3 Å². The summed E-state index contributed by atoms with van der Waals surface area (Å²) in [4.78, 5) is 12.8. The standard InChI is InChI=1S/C13H18N2O2/c14-11-7-4-8-12(11)15(13(16)17)9-10-5-2-1-3-6-10/h1-3,5-6,11-12H,4,7-9,14H2,(H,16,17). The van der Waals surface area contributed by atoms with Crippen molar-refractivity contribution in [1.29, 1.82) is 0 Å². The largest absolute Gasteiger partial charge is 0.465 e. The molecule has 2 rings (SSSR count). The van der Waals surface area contributed by atoms with Gasteiger partial charge in [-0.15, -0.1) is 0 Å². The first-order valence-corrected chi connectivity index (χ1v) is 5.97. The van der Waals surface area contributed by atoms with Crippen molar-refractivity contribution in [2.24, 2.45) is 5.73 Å². The lowest BCUT2D eigenvalue weighted by Gasteiger charge is -2.29. The Kier molecular flexibility index (Phi) is 3.64. The van der Waals surface area contributed by atoms with Crippen molar-refractivity contribution in [3.05, 3.63) is 35.9 Å². The van der Waals surface area contributed by atoms with Crippen molar-refractivity contribution >= 4 is 6.09 Å². The summed E-state index contributed by atoms with van der Waals surface area (Å²) >= 11 is 0. The maximum absolute atomic E-state index is 11.3. The predicted octanol–water partition coefficient (Wildman–Crippen LogP) is 2.05. The summed E-state index contributed by atoms with van der Waals surface area (Å²) in [6, 6.07) is 9.60. The Bertz CT molecular complexity index is 380. The molecule has 1 aliphatic carbocycles. The van der Waals surface area contributed by atoms with Crippen LogP contribution in [-0.2, 0) is 6.54 Å². The van der Waals surface area contributed by atoms with Crippen LogP contribution in [0.4, 0.5) is 4.79 Å². The minimum absolute atomic E-state index is 0.0187. The van der Waals surface area contributed by atoms with Crippen LogP contribution in [0.2, 0.25) is 0 Å². The Balaban J connectivity index is 2.10. The third kappa shape index (κ3) is 2.77. The van der Waals surface area contributed by atoms with Gasteiger partial charge in [0.05, 0.1) is 6.04 Å². The number of carbonyl (C=O) groups is 1. The molecule has 0 bridgehead atoms. The molecule has 0 aliphatic heterocycles. The zero-order valence-corrected chi connectivity index (χ0v) is 9.75. The van der Waals surface area contributed by atoms with Gasteiger partial charge in [0.1, 0.15) is 0 Å². The summed E-state index contributed by atoms with van der Waals surface area (Å²) < 4.78 is 0. The molecule has 0 heterocycles. The maximum Gasteiger partial charge on any atom is 0.407 e. The van der Waals surface area contributed by atoms with Gasteiger partial charge in [0.25, 0.3) is 0 Å². The fourth-order valence-corrected chi connectivity index (χ4v) is 2.46. The topological polar surface area (TPSA) is 66.6 Å². The number of hydrogen-bond donors (Lipinski definition) is 2. The molecule has 0 radical (unpaired) electrons. The highest BCUT2D eigenvalue weighted by atomic mass is 16.4. The van der Waals surface area contributed by atoms with Crippen LogP contribution in [-0.4, -0.2) is 28.2 Å². The Morgan fingerprint density at radius 3 is 2.59 bits per heavy atom. The highest BCUT2D eigenvalue weighted by Crippen LogP contribution is 2.24. The number of carboxylic acid groups (broad SMARTS) is 1. The molecule has 1 fully saturated rings. The zero-order valence-electron chi connectivity index (χ0n) is 9.75. The third-order valence-corrected chi connectivity index (χ3v) is 3.37. The summed E-state index contributed by atoms with van der Waals surface area (Å²) in [7, 11) is 0. The number of rotatable bonds is 3. The molecular formula is C13H18N2O2. The lowest BCUT2D eigenvalue weighted by atomic mass is 10.1. The summed E-state index contributed by atoms with van der Waals surface area (Å²) in [5, 5.41) is 9.28. The zero-order chi connectivity index (χ0) is 12.3. The highest BCUT2D eigenvalue weighted by molar-refractivity contribution is 5.65. The Labute approximate surface area is 101 Å². The lowest BCUT2D eigenvalue weighted by Crippen LogP contribution is -2.46. The van der Waals surface area contributed by atoms with Crippen molar-refractivity contribution in [2.45, 2.75) is 37.9 Å². The molecule has 0 saturated heterocycles. The van der Waals surface area contributed by atoms with Crippen LogP contribution in [0.15, 0.2) is 30.3 Å². The second kappa shape index (κ2) is 5.19. The minimum atomic E-state index is -0.879. The van der Waals surface area contributed by atoms with Crippen LogP contribution in [0.1, 0.15) is 24.8 Å². The summed E-state index contributed by atoms with van der Waals surface area (Å²) in [6.07, 6.45) is 1.93. The first-order valence-electron chi connectivity index (χ1n) is 5.97. The summed E-state index contributed by atoms with van der Waals surface area (Å²) in [5.41, 5.74) is 6.97. The summed E-state index contributed by atoms with van der Waals surface area (Å²) in [6.45, 7) is 0.425. The van der Waals surface area contributed by atoms with Gasteiger partial charge in [0.15, 0.2) is 0 Å².